The fourth-order valence-electron chi connectivity index (χ4n) is 2.44. The maximum Gasteiger partial charge on any atom is 0.401 e. The zero-order valence-electron chi connectivity index (χ0n) is 14.0. The summed E-state index contributed by atoms with van der Waals surface area (Å²) in [6, 6.07) is -0.0429. The molecule has 0 spiro atoms. The Morgan fingerprint density at radius 2 is 2.08 bits per heavy atom. The molecule has 0 aromatic carbocycles. The lowest BCUT2D eigenvalue weighted by molar-refractivity contribution is -0.143. The van der Waals surface area contributed by atoms with E-state index in [0.29, 0.717) is 44.9 Å². The number of carbonyl (C=O) groups excluding carboxylic acids is 1. The lowest BCUT2D eigenvalue weighted by Gasteiger charge is -2.19. The Kier molecular flexibility index (Phi) is 11.3. The third kappa shape index (κ3) is 10.2. The number of ether oxygens (including phenoxy) is 1. The summed E-state index contributed by atoms with van der Waals surface area (Å²) in [4.78, 5) is 16.4. The quantitative estimate of drug-likeness (QED) is 0.197. The molecular weight excluding hydrogens is 440 g/mol. The Morgan fingerprint density at radius 3 is 2.67 bits per heavy atom. The molecule has 2 N–H and O–H groups in total. The van der Waals surface area contributed by atoms with Crippen molar-refractivity contribution in [1.82, 2.24) is 15.5 Å². The number of methoxy groups -OCH3 is 1. The average Bonchev–Trinajstić information content (AvgIpc) is 2.90. The minimum atomic E-state index is -4.16. The Morgan fingerprint density at radius 1 is 1.38 bits per heavy atom. The van der Waals surface area contributed by atoms with Crippen molar-refractivity contribution >= 4 is 35.9 Å². The van der Waals surface area contributed by atoms with E-state index in [4.69, 9.17) is 0 Å². The lowest BCUT2D eigenvalue weighted by Crippen LogP contribution is -2.45. The molecule has 1 aliphatic rings. The van der Waals surface area contributed by atoms with Crippen molar-refractivity contribution in [1.29, 1.82) is 0 Å². The number of guanidine groups is 1. The van der Waals surface area contributed by atoms with Crippen molar-refractivity contribution in [2.75, 3.05) is 40.3 Å². The Hall–Kier alpha value is -0.780. The van der Waals surface area contributed by atoms with E-state index in [0.717, 1.165) is 6.42 Å². The minimum absolute atomic E-state index is 0. The van der Waals surface area contributed by atoms with E-state index in [2.05, 4.69) is 20.4 Å². The molecule has 0 aliphatic carbocycles. The summed E-state index contributed by atoms with van der Waals surface area (Å²) < 4.78 is 41.6. The standard InChI is InChI=1S/C14H25F3N4O2.HI/c1-18-13(19-7-4-3-5-12(22)23-2)20-11-6-8-21(9-11)10-14(15,16)17;/h11H,3-10H2,1-2H3,(H2,18,19,20);1H. The van der Waals surface area contributed by atoms with Gasteiger partial charge in [-0.3, -0.25) is 14.7 Å². The summed E-state index contributed by atoms with van der Waals surface area (Å²) >= 11 is 0. The van der Waals surface area contributed by atoms with Gasteiger partial charge in [0.25, 0.3) is 0 Å². The van der Waals surface area contributed by atoms with Crippen LogP contribution in [0, 0.1) is 0 Å². The van der Waals surface area contributed by atoms with E-state index < -0.39 is 12.7 Å². The van der Waals surface area contributed by atoms with Crippen LogP contribution in [0.2, 0.25) is 0 Å². The van der Waals surface area contributed by atoms with E-state index in [1.54, 1.807) is 7.05 Å². The number of esters is 1. The number of hydrogen-bond acceptors (Lipinski definition) is 4. The van der Waals surface area contributed by atoms with Crippen molar-refractivity contribution in [3.63, 3.8) is 0 Å². The predicted octanol–water partition coefficient (Wildman–Crippen LogP) is 1.75. The normalized spacial score (nSPS) is 18.9. The second-order valence-electron chi connectivity index (χ2n) is 5.51. The van der Waals surface area contributed by atoms with Gasteiger partial charge in [-0.05, 0) is 19.3 Å². The molecule has 0 aromatic heterocycles. The summed E-state index contributed by atoms with van der Waals surface area (Å²) in [5.41, 5.74) is 0. The number of nitrogens with one attached hydrogen (secondary N) is 2. The molecule has 0 radical (unpaired) electrons. The van der Waals surface area contributed by atoms with Crippen molar-refractivity contribution in [3.8, 4) is 0 Å². The number of carbonyl (C=O) groups is 1. The number of halogens is 4. The van der Waals surface area contributed by atoms with Gasteiger partial charge in [0.1, 0.15) is 0 Å². The second-order valence-corrected chi connectivity index (χ2v) is 5.51. The molecule has 10 heteroatoms. The summed E-state index contributed by atoms with van der Waals surface area (Å²) in [5.74, 6) is 0.338. The number of nitrogens with zero attached hydrogens (tertiary/aromatic N) is 2. The van der Waals surface area contributed by atoms with Crippen molar-refractivity contribution in [2.45, 2.75) is 37.9 Å². The van der Waals surface area contributed by atoms with Crippen molar-refractivity contribution in [2.24, 2.45) is 4.99 Å². The zero-order chi connectivity index (χ0) is 17.3. The van der Waals surface area contributed by atoms with Gasteiger partial charge in [0.2, 0.25) is 0 Å². The average molecular weight is 466 g/mol. The monoisotopic (exact) mass is 466 g/mol. The maximum atomic E-state index is 12.4. The smallest absolute Gasteiger partial charge is 0.401 e. The number of hydrogen-bond donors (Lipinski definition) is 2. The Bertz CT molecular complexity index is 408. The first-order valence-electron chi connectivity index (χ1n) is 7.67. The molecular formula is C14H26F3IN4O2. The van der Waals surface area contributed by atoms with Crippen LogP contribution in [0.25, 0.3) is 0 Å². The summed E-state index contributed by atoms with van der Waals surface area (Å²) in [5, 5.41) is 6.23. The fourth-order valence-corrected chi connectivity index (χ4v) is 2.44. The van der Waals surface area contributed by atoms with Gasteiger partial charge >= 0.3 is 12.1 Å². The highest BCUT2D eigenvalue weighted by Gasteiger charge is 2.34. The van der Waals surface area contributed by atoms with E-state index in [-0.39, 0.29) is 36.0 Å². The topological polar surface area (TPSA) is 66.0 Å². The number of alkyl halides is 3. The van der Waals surface area contributed by atoms with E-state index in [1.165, 1.54) is 12.0 Å². The minimum Gasteiger partial charge on any atom is -0.469 e. The van der Waals surface area contributed by atoms with Gasteiger partial charge in [0.15, 0.2) is 5.96 Å². The van der Waals surface area contributed by atoms with E-state index >= 15 is 0 Å². The number of likely N-dealkylation sites (tertiary alicyclic amines) is 1. The van der Waals surface area contributed by atoms with Crippen LogP contribution in [0.5, 0.6) is 0 Å². The van der Waals surface area contributed by atoms with Gasteiger partial charge in [-0.1, -0.05) is 0 Å². The third-order valence-electron chi connectivity index (χ3n) is 3.57. The zero-order valence-corrected chi connectivity index (χ0v) is 16.3. The van der Waals surface area contributed by atoms with Gasteiger partial charge in [-0.2, -0.15) is 13.2 Å². The summed E-state index contributed by atoms with van der Waals surface area (Å²) in [7, 11) is 2.97. The largest absolute Gasteiger partial charge is 0.469 e. The van der Waals surface area contributed by atoms with Gasteiger partial charge in [0, 0.05) is 39.1 Å². The highest BCUT2D eigenvalue weighted by atomic mass is 127. The SMILES string of the molecule is CN=C(NCCCCC(=O)OC)NC1CCN(CC(F)(F)F)C1.I. The first-order valence-corrected chi connectivity index (χ1v) is 7.67. The molecule has 0 aromatic rings. The number of unbranched alkanes of at least 4 members (excludes halogenated alkanes) is 1. The molecule has 0 amide bonds. The van der Waals surface area contributed by atoms with Gasteiger partial charge in [-0.15, -0.1) is 24.0 Å². The van der Waals surface area contributed by atoms with Gasteiger partial charge < -0.3 is 15.4 Å². The van der Waals surface area contributed by atoms with Crippen molar-refractivity contribution < 1.29 is 22.7 Å². The summed E-state index contributed by atoms with van der Waals surface area (Å²) in [6.45, 7) is 0.538. The number of rotatable bonds is 7. The van der Waals surface area contributed by atoms with Crippen LogP contribution in [0.4, 0.5) is 13.2 Å². The molecule has 142 valence electrons. The second kappa shape index (κ2) is 11.7. The van der Waals surface area contributed by atoms with Crippen LogP contribution >= 0.6 is 24.0 Å². The molecule has 0 saturated carbocycles. The molecule has 1 saturated heterocycles. The third-order valence-corrected chi connectivity index (χ3v) is 3.57. The van der Waals surface area contributed by atoms with Crippen molar-refractivity contribution in [3.05, 3.63) is 0 Å². The van der Waals surface area contributed by atoms with Crippen LogP contribution in [-0.4, -0.2) is 69.4 Å². The fraction of sp³-hybridized carbons (Fsp3) is 0.857. The molecule has 1 rings (SSSR count). The van der Waals surface area contributed by atoms with Crippen LogP contribution in [0.15, 0.2) is 4.99 Å². The molecule has 1 unspecified atom stereocenters. The van der Waals surface area contributed by atoms with Gasteiger partial charge in [-0.25, -0.2) is 0 Å². The molecule has 1 aliphatic heterocycles. The van der Waals surface area contributed by atoms with Crippen LogP contribution in [0.3, 0.4) is 0 Å². The molecule has 0 bridgehead atoms. The van der Waals surface area contributed by atoms with Gasteiger partial charge in [0.05, 0.1) is 13.7 Å². The predicted molar refractivity (Wildman–Crippen MR) is 96.7 cm³/mol. The van der Waals surface area contributed by atoms with E-state index in [1.807, 2.05) is 0 Å². The Labute approximate surface area is 157 Å². The molecule has 1 atom stereocenters. The molecule has 1 heterocycles. The number of aliphatic imine (C=N–C) groups is 1. The van der Waals surface area contributed by atoms with Crippen LogP contribution in [0.1, 0.15) is 25.7 Å². The highest BCUT2D eigenvalue weighted by Crippen LogP contribution is 2.19. The molecule has 24 heavy (non-hydrogen) atoms. The molecule has 1 fully saturated rings. The Balaban J connectivity index is 0.00000529. The molecule has 6 nitrogen and oxygen atoms in total. The lowest BCUT2D eigenvalue weighted by atomic mass is 10.2. The first-order chi connectivity index (χ1) is 10.8. The highest BCUT2D eigenvalue weighted by molar-refractivity contribution is 14.0. The maximum absolute atomic E-state index is 12.4. The van der Waals surface area contributed by atoms with Crippen LogP contribution < -0.4 is 10.6 Å². The summed E-state index contributed by atoms with van der Waals surface area (Å²) in [6.07, 6.45) is -1.65. The van der Waals surface area contributed by atoms with E-state index in [9.17, 15) is 18.0 Å². The first kappa shape index (κ1) is 23.2. The van der Waals surface area contributed by atoms with Crippen LogP contribution in [-0.2, 0) is 9.53 Å².